The Hall–Kier alpha value is -1.26. The summed E-state index contributed by atoms with van der Waals surface area (Å²) in [4.78, 5) is 7.91. The molecule has 0 saturated heterocycles. The fraction of sp³-hybridized carbons (Fsp3) is 0.421. The van der Waals surface area contributed by atoms with Gasteiger partial charge in [-0.05, 0) is 55.7 Å². The lowest BCUT2D eigenvalue weighted by Crippen LogP contribution is -2.37. The van der Waals surface area contributed by atoms with Crippen LogP contribution in [0, 0.1) is 12.8 Å². The van der Waals surface area contributed by atoms with Gasteiger partial charge >= 0.3 is 0 Å². The molecule has 120 valence electrons. The Morgan fingerprint density at radius 3 is 3.13 bits per heavy atom. The molecule has 4 heteroatoms. The highest BCUT2D eigenvalue weighted by atomic mass is 32.2. The van der Waals surface area contributed by atoms with Crippen LogP contribution in [0.5, 0.6) is 0 Å². The van der Waals surface area contributed by atoms with Crippen LogP contribution < -0.4 is 5.73 Å². The van der Waals surface area contributed by atoms with E-state index in [-0.39, 0.29) is 5.54 Å². The van der Waals surface area contributed by atoms with E-state index in [0.29, 0.717) is 5.92 Å². The van der Waals surface area contributed by atoms with E-state index >= 15 is 0 Å². The molecule has 1 aromatic heterocycles. The van der Waals surface area contributed by atoms with Crippen LogP contribution in [0.3, 0.4) is 0 Å². The number of thiophene rings is 1. The van der Waals surface area contributed by atoms with E-state index in [2.05, 4.69) is 43.4 Å². The van der Waals surface area contributed by atoms with Crippen LogP contribution in [0.2, 0.25) is 0 Å². The zero-order valence-corrected chi connectivity index (χ0v) is 15.1. The van der Waals surface area contributed by atoms with Crippen molar-refractivity contribution < 1.29 is 0 Å². The quantitative estimate of drug-likeness (QED) is 0.803. The molecule has 0 saturated carbocycles. The summed E-state index contributed by atoms with van der Waals surface area (Å²) in [6, 6.07) is 2.36. The number of amidine groups is 1. The Bertz CT molecular complexity index is 739. The van der Waals surface area contributed by atoms with E-state index in [1.165, 1.54) is 20.9 Å². The van der Waals surface area contributed by atoms with Crippen LogP contribution in [-0.2, 0) is 12.0 Å². The van der Waals surface area contributed by atoms with Gasteiger partial charge in [0.25, 0.3) is 0 Å². The number of rotatable bonds is 1. The standard InChI is InChI=1S/C19H22N2S2/c1-13-10-16-17(23-13)11-15(14-6-4-2-3-5-7-14)12-19(16)8-9-22-18(20)21-19/h2,4-7,10,15H,3,8-9,11-12H2,1H3,(H2,20,21). The molecule has 2 N–H and O–H groups in total. The first-order valence-corrected chi connectivity index (χ1v) is 10.1. The maximum absolute atomic E-state index is 6.13. The third-order valence-electron chi connectivity index (χ3n) is 5.02. The van der Waals surface area contributed by atoms with Gasteiger partial charge in [-0.2, -0.15) is 0 Å². The molecule has 1 aromatic rings. The molecule has 4 rings (SSSR count). The number of allylic oxidation sites excluding steroid dienone is 6. The van der Waals surface area contributed by atoms with E-state index in [9.17, 15) is 0 Å². The summed E-state index contributed by atoms with van der Waals surface area (Å²) in [6.45, 7) is 2.21. The maximum Gasteiger partial charge on any atom is 0.154 e. The number of aryl methyl sites for hydroxylation is 1. The third kappa shape index (κ3) is 2.83. The van der Waals surface area contributed by atoms with Crippen molar-refractivity contribution in [3.63, 3.8) is 0 Å². The molecule has 23 heavy (non-hydrogen) atoms. The number of fused-ring (bicyclic) bond motifs is 2. The lowest BCUT2D eigenvalue weighted by atomic mass is 9.71. The van der Waals surface area contributed by atoms with Crippen LogP contribution in [0.4, 0.5) is 0 Å². The molecule has 2 unspecified atom stereocenters. The molecular formula is C19H22N2S2. The number of hydrogen-bond acceptors (Lipinski definition) is 4. The molecule has 2 nitrogen and oxygen atoms in total. The second-order valence-electron chi connectivity index (χ2n) is 6.61. The molecule has 1 spiro atoms. The minimum absolute atomic E-state index is 0.0942. The Labute approximate surface area is 146 Å². The Morgan fingerprint density at radius 1 is 1.35 bits per heavy atom. The third-order valence-corrected chi connectivity index (χ3v) is 6.89. The molecule has 2 heterocycles. The fourth-order valence-electron chi connectivity index (χ4n) is 3.99. The van der Waals surface area contributed by atoms with Gasteiger partial charge in [0.2, 0.25) is 0 Å². The zero-order valence-electron chi connectivity index (χ0n) is 13.4. The SMILES string of the molecule is Cc1cc2c(s1)CC(C1=CC=CCC=C1)CC21CCSC(N)=N1. The highest BCUT2D eigenvalue weighted by Crippen LogP contribution is 2.50. The van der Waals surface area contributed by atoms with Crippen LogP contribution in [0.15, 0.2) is 47.0 Å². The highest BCUT2D eigenvalue weighted by molar-refractivity contribution is 8.13. The smallest absolute Gasteiger partial charge is 0.154 e. The second-order valence-corrected chi connectivity index (χ2v) is 9.07. The average Bonchev–Trinajstić information content (AvgIpc) is 2.73. The van der Waals surface area contributed by atoms with Crippen molar-refractivity contribution in [3.8, 4) is 0 Å². The first-order chi connectivity index (χ1) is 11.2. The number of thioether (sulfide) groups is 1. The molecule has 0 radical (unpaired) electrons. The monoisotopic (exact) mass is 342 g/mol. The predicted octanol–water partition coefficient (Wildman–Crippen LogP) is 4.71. The molecule has 0 bridgehead atoms. The summed E-state index contributed by atoms with van der Waals surface area (Å²) < 4.78 is 0. The van der Waals surface area contributed by atoms with Crippen LogP contribution >= 0.6 is 23.1 Å². The van der Waals surface area contributed by atoms with Crippen molar-refractivity contribution >= 4 is 28.3 Å². The van der Waals surface area contributed by atoms with Gasteiger partial charge in [0.15, 0.2) is 5.17 Å². The van der Waals surface area contributed by atoms with Gasteiger partial charge in [0.05, 0.1) is 5.54 Å². The molecule has 0 fully saturated rings. The molecule has 3 aliphatic rings. The summed E-state index contributed by atoms with van der Waals surface area (Å²) in [5.74, 6) is 1.62. The number of nitrogens with two attached hydrogens (primary N) is 1. The number of aliphatic imine (C=N–C) groups is 1. The van der Waals surface area contributed by atoms with Gasteiger partial charge in [0, 0.05) is 15.5 Å². The van der Waals surface area contributed by atoms with Crippen LogP contribution in [-0.4, -0.2) is 10.9 Å². The molecule has 1 aliphatic heterocycles. The van der Waals surface area contributed by atoms with Crippen molar-refractivity contribution in [1.82, 2.24) is 0 Å². The van der Waals surface area contributed by atoms with E-state index in [1.807, 2.05) is 11.3 Å². The fourth-order valence-corrected chi connectivity index (χ4v) is 6.09. The van der Waals surface area contributed by atoms with Gasteiger partial charge in [-0.1, -0.05) is 42.1 Å². The van der Waals surface area contributed by atoms with Gasteiger partial charge in [-0.3, -0.25) is 4.99 Å². The van der Waals surface area contributed by atoms with Gasteiger partial charge in [-0.15, -0.1) is 11.3 Å². The normalized spacial score (nSPS) is 29.9. The maximum atomic E-state index is 6.13. The summed E-state index contributed by atoms with van der Waals surface area (Å²) in [6.07, 6.45) is 15.6. The van der Waals surface area contributed by atoms with E-state index in [0.717, 1.165) is 36.6 Å². The van der Waals surface area contributed by atoms with Crippen molar-refractivity contribution in [1.29, 1.82) is 0 Å². The van der Waals surface area contributed by atoms with Gasteiger partial charge in [-0.25, -0.2) is 0 Å². The second kappa shape index (κ2) is 5.99. The minimum atomic E-state index is -0.0942. The van der Waals surface area contributed by atoms with Gasteiger partial charge < -0.3 is 5.73 Å². The molecule has 2 atom stereocenters. The summed E-state index contributed by atoms with van der Waals surface area (Å²) in [7, 11) is 0. The predicted molar refractivity (Wildman–Crippen MR) is 102 cm³/mol. The molecule has 0 aromatic carbocycles. The number of hydrogen-bond donors (Lipinski definition) is 1. The van der Waals surface area contributed by atoms with Crippen molar-refractivity contribution in [2.45, 2.75) is 38.1 Å². The van der Waals surface area contributed by atoms with Crippen molar-refractivity contribution in [2.75, 3.05) is 5.75 Å². The van der Waals surface area contributed by atoms with Crippen molar-refractivity contribution in [2.24, 2.45) is 16.6 Å². The Kier molecular flexibility index (Phi) is 3.98. The van der Waals surface area contributed by atoms with Gasteiger partial charge in [0.1, 0.15) is 0 Å². The summed E-state index contributed by atoms with van der Waals surface area (Å²) >= 11 is 3.64. The first-order valence-electron chi connectivity index (χ1n) is 8.27. The van der Waals surface area contributed by atoms with Crippen LogP contribution in [0.1, 0.15) is 34.6 Å². The van der Waals surface area contributed by atoms with E-state index < -0.39 is 0 Å². The number of nitrogens with zero attached hydrogens (tertiary/aromatic N) is 1. The average molecular weight is 343 g/mol. The van der Waals surface area contributed by atoms with Crippen LogP contribution in [0.25, 0.3) is 0 Å². The first kappa shape index (κ1) is 15.3. The Balaban J connectivity index is 1.78. The largest absolute Gasteiger partial charge is 0.379 e. The highest BCUT2D eigenvalue weighted by Gasteiger charge is 2.43. The topological polar surface area (TPSA) is 38.4 Å². The summed E-state index contributed by atoms with van der Waals surface area (Å²) in [5.41, 5.74) is 8.93. The molecule has 0 amide bonds. The van der Waals surface area contributed by atoms with E-state index in [4.69, 9.17) is 10.7 Å². The zero-order chi connectivity index (χ0) is 15.9. The molecule has 2 aliphatic carbocycles. The minimum Gasteiger partial charge on any atom is -0.379 e. The Morgan fingerprint density at radius 2 is 2.26 bits per heavy atom. The van der Waals surface area contributed by atoms with Crippen molar-refractivity contribution in [3.05, 3.63) is 57.3 Å². The van der Waals surface area contributed by atoms with E-state index in [1.54, 1.807) is 11.8 Å². The molecular weight excluding hydrogens is 320 g/mol. The lowest BCUT2D eigenvalue weighted by Gasteiger charge is -2.40. The summed E-state index contributed by atoms with van der Waals surface area (Å²) in [5, 5.41) is 0.761. The lowest BCUT2D eigenvalue weighted by molar-refractivity contribution is 0.318.